The molecule has 2 rings (SSSR count). The summed E-state index contributed by atoms with van der Waals surface area (Å²) < 4.78 is 43.4. The summed E-state index contributed by atoms with van der Waals surface area (Å²) in [5.74, 6) is -0.840. The third-order valence-corrected chi connectivity index (χ3v) is 4.94. The highest BCUT2D eigenvalue weighted by atomic mass is 19.4. The van der Waals surface area contributed by atoms with Crippen LogP contribution in [0.5, 0.6) is 0 Å². The van der Waals surface area contributed by atoms with E-state index in [4.69, 9.17) is 4.74 Å². The van der Waals surface area contributed by atoms with Gasteiger partial charge in [0.05, 0.1) is 5.56 Å². The Morgan fingerprint density at radius 2 is 1.44 bits per heavy atom. The largest absolute Gasteiger partial charge is 0.444 e. The van der Waals surface area contributed by atoms with E-state index in [0.29, 0.717) is 0 Å². The molecule has 1 aromatic carbocycles. The Labute approximate surface area is 185 Å². The molecule has 1 aliphatic heterocycles. The summed E-state index contributed by atoms with van der Waals surface area (Å²) in [7, 11) is 0. The number of alkyl carbamates (subject to hydrolysis) is 1. The molecule has 7 nitrogen and oxygen atoms in total. The van der Waals surface area contributed by atoms with E-state index in [1.54, 1.807) is 25.7 Å². The van der Waals surface area contributed by atoms with Gasteiger partial charge in [-0.05, 0) is 51.0 Å². The van der Waals surface area contributed by atoms with Gasteiger partial charge < -0.3 is 19.9 Å². The molecule has 1 saturated heterocycles. The zero-order valence-corrected chi connectivity index (χ0v) is 19.0. The molecule has 1 atom stereocenters. The SMILES string of the molecule is CC(C)[C@H](NC(=O)OC(C)(C)C)C(=O)N1CCN(C(=O)c2ccc(C(F)(F)F)cc2)CC1. The van der Waals surface area contributed by atoms with E-state index in [1.165, 1.54) is 4.90 Å². The van der Waals surface area contributed by atoms with Gasteiger partial charge in [0.25, 0.3) is 5.91 Å². The maximum absolute atomic E-state index is 13.0. The first-order chi connectivity index (χ1) is 14.7. The molecule has 3 amide bonds. The van der Waals surface area contributed by atoms with Crippen molar-refractivity contribution >= 4 is 17.9 Å². The van der Waals surface area contributed by atoms with Gasteiger partial charge in [-0.3, -0.25) is 9.59 Å². The van der Waals surface area contributed by atoms with Gasteiger partial charge in [-0.25, -0.2) is 4.79 Å². The fourth-order valence-corrected chi connectivity index (χ4v) is 3.26. The Morgan fingerprint density at radius 1 is 0.938 bits per heavy atom. The van der Waals surface area contributed by atoms with Crippen molar-refractivity contribution in [1.29, 1.82) is 0 Å². The molecule has 0 unspecified atom stereocenters. The Bertz CT molecular complexity index is 824. The summed E-state index contributed by atoms with van der Waals surface area (Å²) in [6.45, 7) is 9.79. The van der Waals surface area contributed by atoms with Crippen molar-refractivity contribution in [2.24, 2.45) is 5.92 Å². The van der Waals surface area contributed by atoms with Crippen molar-refractivity contribution in [3.05, 3.63) is 35.4 Å². The van der Waals surface area contributed by atoms with Crippen LogP contribution in [-0.2, 0) is 15.7 Å². The number of benzene rings is 1. The minimum atomic E-state index is -4.46. The summed E-state index contributed by atoms with van der Waals surface area (Å²) in [6, 6.07) is 3.29. The number of ether oxygens (including phenoxy) is 1. The van der Waals surface area contributed by atoms with E-state index in [9.17, 15) is 27.6 Å². The molecule has 0 saturated carbocycles. The quantitative estimate of drug-likeness (QED) is 0.750. The van der Waals surface area contributed by atoms with Crippen molar-refractivity contribution in [2.45, 2.75) is 52.4 Å². The third kappa shape index (κ3) is 6.86. The van der Waals surface area contributed by atoms with Crippen molar-refractivity contribution in [1.82, 2.24) is 15.1 Å². The summed E-state index contributed by atoms with van der Waals surface area (Å²) in [6.07, 6.45) is -5.14. The minimum Gasteiger partial charge on any atom is -0.444 e. The molecule has 1 N–H and O–H groups in total. The van der Waals surface area contributed by atoms with Gasteiger partial charge in [0, 0.05) is 31.7 Å². The van der Waals surface area contributed by atoms with Crippen LogP contribution in [0, 0.1) is 5.92 Å². The van der Waals surface area contributed by atoms with E-state index >= 15 is 0 Å². The molecule has 1 aromatic rings. The average molecular weight is 457 g/mol. The zero-order chi connectivity index (χ0) is 24.3. The maximum Gasteiger partial charge on any atom is 0.416 e. The van der Waals surface area contributed by atoms with Gasteiger partial charge in [-0.2, -0.15) is 13.2 Å². The lowest BCUT2D eigenvalue weighted by molar-refractivity contribution is -0.137. The molecule has 1 fully saturated rings. The lowest BCUT2D eigenvalue weighted by Crippen LogP contribution is -2.57. The van der Waals surface area contributed by atoms with Crippen LogP contribution < -0.4 is 5.32 Å². The van der Waals surface area contributed by atoms with Crippen LogP contribution in [0.2, 0.25) is 0 Å². The molecule has 0 aromatic heterocycles. The maximum atomic E-state index is 13.0. The second-order valence-electron chi connectivity index (χ2n) is 9.06. The predicted octanol–water partition coefficient (Wildman–Crippen LogP) is 3.54. The van der Waals surface area contributed by atoms with Crippen molar-refractivity contribution in [2.75, 3.05) is 26.2 Å². The van der Waals surface area contributed by atoms with E-state index in [0.717, 1.165) is 24.3 Å². The molecule has 178 valence electrons. The molecule has 1 heterocycles. The summed E-state index contributed by atoms with van der Waals surface area (Å²) in [5.41, 5.74) is -1.36. The number of nitrogens with zero attached hydrogens (tertiary/aromatic N) is 2. The number of rotatable bonds is 4. The average Bonchev–Trinajstić information content (AvgIpc) is 2.69. The van der Waals surface area contributed by atoms with Crippen LogP contribution in [0.25, 0.3) is 0 Å². The number of piperazine rings is 1. The lowest BCUT2D eigenvalue weighted by atomic mass is 10.0. The van der Waals surface area contributed by atoms with Crippen LogP contribution in [0.3, 0.4) is 0 Å². The number of alkyl halides is 3. The zero-order valence-electron chi connectivity index (χ0n) is 19.0. The summed E-state index contributed by atoms with van der Waals surface area (Å²) in [5, 5.41) is 2.62. The standard InChI is InChI=1S/C22H30F3N3O4/c1-14(2)17(26-20(31)32-21(3,4)5)19(30)28-12-10-27(11-13-28)18(29)15-6-8-16(9-7-15)22(23,24)25/h6-9,14,17H,10-13H2,1-5H3,(H,26,31)/t17-/m0/s1. The molecule has 0 radical (unpaired) electrons. The predicted molar refractivity (Wildman–Crippen MR) is 112 cm³/mol. The first kappa shape index (κ1) is 25.5. The highest BCUT2D eigenvalue weighted by molar-refractivity contribution is 5.94. The van der Waals surface area contributed by atoms with Crippen molar-refractivity contribution < 1.29 is 32.3 Å². The number of amides is 3. The Kier molecular flexibility index (Phi) is 7.79. The third-order valence-electron chi connectivity index (χ3n) is 4.94. The van der Waals surface area contributed by atoms with Gasteiger partial charge in [0.15, 0.2) is 0 Å². The van der Waals surface area contributed by atoms with Gasteiger partial charge in [0.2, 0.25) is 5.91 Å². The van der Waals surface area contributed by atoms with Gasteiger partial charge in [-0.15, -0.1) is 0 Å². The molecular weight excluding hydrogens is 427 g/mol. The van der Waals surface area contributed by atoms with Crippen molar-refractivity contribution in [3.8, 4) is 0 Å². The monoisotopic (exact) mass is 457 g/mol. The van der Waals surface area contributed by atoms with Crippen LogP contribution in [-0.4, -0.2) is 65.5 Å². The molecule has 1 aliphatic rings. The van der Waals surface area contributed by atoms with Crippen molar-refractivity contribution in [3.63, 3.8) is 0 Å². The Morgan fingerprint density at radius 3 is 1.88 bits per heavy atom. The summed E-state index contributed by atoms with van der Waals surface area (Å²) in [4.78, 5) is 40.8. The first-order valence-electron chi connectivity index (χ1n) is 10.4. The van der Waals surface area contributed by atoms with Gasteiger partial charge >= 0.3 is 12.3 Å². The normalized spacial score (nSPS) is 16.0. The topological polar surface area (TPSA) is 79.0 Å². The second-order valence-corrected chi connectivity index (χ2v) is 9.06. The van der Waals surface area contributed by atoms with E-state index in [-0.39, 0.29) is 43.6 Å². The van der Waals surface area contributed by atoms with Crippen LogP contribution in [0.15, 0.2) is 24.3 Å². The van der Waals surface area contributed by atoms with Gasteiger partial charge in [-0.1, -0.05) is 13.8 Å². The Balaban J connectivity index is 1.97. The fourth-order valence-electron chi connectivity index (χ4n) is 3.26. The number of carbonyl (C=O) groups is 3. The van der Waals surface area contributed by atoms with E-state index in [2.05, 4.69) is 5.32 Å². The number of carbonyl (C=O) groups excluding carboxylic acids is 3. The number of hydrogen-bond acceptors (Lipinski definition) is 4. The van der Waals surface area contributed by atoms with Crippen LogP contribution in [0.4, 0.5) is 18.0 Å². The highest BCUT2D eigenvalue weighted by Gasteiger charge is 2.34. The molecule has 0 aliphatic carbocycles. The smallest absolute Gasteiger partial charge is 0.416 e. The van der Waals surface area contributed by atoms with Gasteiger partial charge in [0.1, 0.15) is 11.6 Å². The minimum absolute atomic E-state index is 0.157. The second kappa shape index (κ2) is 9.79. The number of nitrogens with one attached hydrogen (secondary N) is 1. The van der Waals surface area contributed by atoms with Crippen LogP contribution in [0.1, 0.15) is 50.5 Å². The van der Waals surface area contributed by atoms with Crippen LogP contribution >= 0.6 is 0 Å². The molecular formula is C22H30F3N3O4. The first-order valence-corrected chi connectivity index (χ1v) is 10.4. The molecule has 0 spiro atoms. The molecule has 10 heteroatoms. The lowest BCUT2D eigenvalue weighted by Gasteiger charge is -2.37. The summed E-state index contributed by atoms with van der Waals surface area (Å²) >= 11 is 0. The number of halogens is 3. The van der Waals surface area contributed by atoms with E-state index in [1.807, 2.05) is 13.8 Å². The molecule has 0 bridgehead atoms. The number of hydrogen-bond donors (Lipinski definition) is 1. The Hall–Kier alpha value is -2.78. The highest BCUT2D eigenvalue weighted by Crippen LogP contribution is 2.29. The fraction of sp³-hybridized carbons (Fsp3) is 0.591. The van der Waals surface area contributed by atoms with E-state index < -0.39 is 35.4 Å². The molecule has 32 heavy (non-hydrogen) atoms.